The molecule has 0 fully saturated rings. The quantitative estimate of drug-likeness (QED) is 0.275. The van der Waals surface area contributed by atoms with E-state index in [2.05, 4.69) is 56.0 Å². The summed E-state index contributed by atoms with van der Waals surface area (Å²) in [6, 6.07) is 7.80. The Balaban J connectivity index is 0.000000813. The molecule has 0 saturated carbocycles. The van der Waals surface area contributed by atoms with E-state index in [1.54, 1.807) is 7.11 Å². The van der Waals surface area contributed by atoms with Crippen molar-refractivity contribution in [2.24, 2.45) is 29.6 Å². The van der Waals surface area contributed by atoms with Crippen LogP contribution in [0.5, 0.6) is 5.75 Å². The third kappa shape index (κ3) is 15.0. The van der Waals surface area contributed by atoms with E-state index in [4.69, 9.17) is 4.74 Å². The monoisotopic (exact) mass is 605 g/mol. The van der Waals surface area contributed by atoms with Crippen molar-refractivity contribution in [2.45, 2.75) is 60.3 Å². The van der Waals surface area contributed by atoms with E-state index in [0.717, 1.165) is 17.0 Å². The number of hydrogen-bond donors (Lipinski definition) is 3. The molecule has 2 rings (SSSR count). The molecule has 0 spiro atoms. The first kappa shape index (κ1) is 38.2. The molecule has 1 aromatic rings. The van der Waals surface area contributed by atoms with Crippen molar-refractivity contribution in [1.82, 2.24) is 10.6 Å². The molecule has 3 N–H and O–H groups in total. The second kappa shape index (κ2) is 20.9. The fourth-order valence-corrected chi connectivity index (χ4v) is 4.89. The number of ether oxygens (including phenoxy) is 1. The molecule has 1 heterocycles. The highest BCUT2D eigenvalue weighted by atomic mass is 16.5. The molecule has 1 aromatic carbocycles. The molecule has 7 heteroatoms. The zero-order chi connectivity index (χ0) is 33.1. The molecule has 242 valence electrons. The fraction of sp³-hybridized carbons (Fsp3) is 0.486. The van der Waals surface area contributed by atoms with Gasteiger partial charge in [-0.25, -0.2) is 0 Å². The molecule has 0 aromatic heterocycles. The average Bonchev–Trinajstić information content (AvgIpc) is 3.00. The van der Waals surface area contributed by atoms with Gasteiger partial charge in [-0.3, -0.25) is 14.4 Å². The lowest BCUT2D eigenvalue weighted by atomic mass is 9.79. The fourth-order valence-electron chi connectivity index (χ4n) is 4.89. The number of hydrogen-bond acceptors (Lipinski definition) is 6. The maximum absolute atomic E-state index is 13.4. The Morgan fingerprint density at radius 1 is 1.09 bits per heavy atom. The molecular formula is C37H55N3O4. The number of benzene rings is 1. The highest BCUT2D eigenvalue weighted by molar-refractivity contribution is 5.89. The minimum absolute atomic E-state index is 0.0239. The molecule has 0 aliphatic carbocycles. The van der Waals surface area contributed by atoms with Gasteiger partial charge in [-0.2, -0.15) is 0 Å². The maximum Gasteiger partial charge on any atom is 0.239 e. The van der Waals surface area contributed by atoms with Crippen LogP contribution in [-0.2, 0) is 14.4 Å². The van der Waals surface area contributed by atoms with Gasteiger partial charge in [-0.1, -0.05) is 83.4 Å². The number of carbonyl (C=O) groups is 3. The van der Waals surface area contributed by atoms with E-state index in [1.807, 2.05) is 75.5 Å². The molecule has 44 heavy (non-hydrogen) atoms. The summed E-state index contributed by atoms with van der Waals surface area (Å²) in [4.78, 5) is 38.4. The van der Waals surface area contributed by atoms with Crippen LogP contribution in [0.15, 0.2) is 85.1 Å². The number of rotatable bonds is 8. The van der Waals surface area contributed by atoms with E-state index >= 15 is 0 Å². The summed E-state index contributed by atoms with van der Waals surface area (Å²) in [5.74, 6) is 0.786. The topological polar surface area (TPSA) is 96.5 Å². The van der Waals surface area contributed by atoms with Crippen LogP contribution in [0.1, 0.15) is 60.3 Å². The molecule has 1 amide bonds. The van der Waals surface area contributed by atoms with Gasteiger partial charge in [-0.05, 0) is 61.3 Å². The van der Waals surface area contributed by atoms with E-state index in [1.165, 1.54) is 0 Å². The Hall–Kier alpha value is -3.87. The summed E-state index contributed by atoms with van der Waals surface area (Å²) >= 11 is 0. The van der Waals surface area contributed by atoms with E-state index in [9.17, 15) is 14.4 Å². The normalized spacial score (nSPS) is 22.1. The third-order valence-electron chi connectivity index (χ3n) is 7.63. The number of allylic oxidation sites excluding steroid dienone is 7. The summed E-state index contributed by atoms with van der Waals surface area (Å²) in [5, 5.41) is 8.81. The number of amides is 1. The zero-order valence-corrected chi connectivity index (χ0v) is 28.0. The summed E-state index contributed by atoms with van der Waals surface area (Å²) in [6.07, 6.45) is 13.9. The minimum Gasteiger partial charge on any atom is -0.495 e. The summed E-state index contributed by atoms with van der Waals surface area (Å²) in [6.45, 7) is 18.4. The average molecular weight is 606 g/mol. The van der Waals surface area contributed by atoms with Crippen LogP contribution in [0.25, 0.3) is 0 Å². The van der Waals surface area contributed by atoms with Crippen LogP contribution in [-0.4, -0.2) is 44.7 Å². The predicted octanol–water partition coefficient (Wildman–Crippen LogP) is 7.06. The summed E-state index contributed by atoms with van der Waals surface area (Å²) in [7, 11) is 3.54. The zero-order valence-electron chi connectivity index (χ0n) is 28.0. The van der Waals surface area contributed by atoms with Gasteiger partial charge < -0.3 is 20.7 Å². The molecule has 4 atom stereocenters. The van der Waals surface area contributed by atoms with E-state index in [0.29, 0.717) is 30.9 Å². The van der Waals surface area contributed by atoms with Gasteiger partial charge in [-0.15, -0.1) is 0 Å². The van der Waals surface area contributed by atoms with Crippen LogP contribution < -0.4 is 20.7 Å². The molecule has 0 bridgehead atoms. The first-order chi connectivity index (χ1) is 20.9. The van der Waals surface area contributed by atoms with Gasteiger partial charge in [0.15, 0.2) is 0 Å². The van der Waals surface area contributed by atoms with Crippen LogP contribution in [0.2, 0.25) is 0 Å². The van der Waals surface area contributed by atoms with Gasteiger partial charge in [0.25, 0.3) is 0 Å². The smallest absolute Gasteiger partial charge is 0.239 e. The Morgan fingerprint density at radius 2 is 1.80 bits per heavy atom. The van der Waals surface area contributed by atoms with Crippen molar-refractivity contribution in [2.75, 3.05) is 32.6 Å². The highest BCUT2D eigenvalue weighted by Gasteiger charge is 2.28. The van der Waals surface area contributed by atoms with Crippen molar-refractivity contribution in [3.63, 3.8) is 0 Å². The van der Waals surface area contributed by atoms with Crippen LogP contribution in [0.4, 0.5) is 5.69 Å². The lowest BCUT2D eigenvalue weighted by molar-refractivity contribution is -0.131. The Morgan fingerprint density at radius 3 is 2.41 bits per heavy atom. The van der Waals surface area contributed by atoms with Crippen molar-refractivity contribution in [3.05, 3.63) is 85.1 Å². The van der Waals surface area contributed by atoms with E-state index in [-0.39, 0.29) is 60.7 Å². The number of para-hydroxylation sites is 2. The number of anilines is 1. The minimum atomic E-state index is -0.335. The van der Waals surface area contributed by atoms with E-state index < -0.39 is 0 Å². The highest BCUT2D eigenvalue weighted by Crippen LogP contribution is 2.28. The second-order valence-electron chi connectivity index (χ2n) is 11.9. The molecule has 7 nitrogen and oxygen atoms in total. The SMILES string of the molecule is C=C(/C=C\C)/C=C/C(C)[C@@H]1C/C=C/C(=C)NCC(=O)NCC(C)C(=O)CC(CC(C)C)C(=O)C1.CNc1ccccc1OC. The maximum atomic E-state index is 13.4. The number of ketones is 2. The van der Waals surface area contributed by atoms with Crippen LogP contribution in [0.3, 0.4) is 0 Å². The lowest BCUT2D eigenvalue weighted by Gasteiger charge is -2.25. The number of carbonyl (C=O) groups excluding carboxylic acids is 3. The molecule has 1 aliphatic rings. The van der Waals surface area contributed by atoms with Gasteiger partial charge >= 0.3 is 0 Å². The number of Topliss-reactive ketones (excluding diaryl/α,β-unsaturated/α-hetero) is 2. The van der Waals surface area contributed by atoms with Gasteiger partial charge in [0.2, 0.25) is 5.91 Å². The van der Waals surface area contributed by atoms with Crippen molar-refractivity contribution >= 4 is 23.2 Å². The summed E-state index contributed by atoms with van der Waals surface area (Å²) in [5.41, 5.74) is 2.57. The molecule has 0 radical (unpaired) electrons. The standard InChI is InChI=1S/C29H44N2O3.C8H11NO/c1-8-10-21(4)13-14-22(5)25-12-9-11-24(7)30-19-29(34)31-18-23(6)27(32)17-26(15-20(2)3)28(33)16-25;1-9-7-5-3-4-6-8(7)10-2/h8-11,13-14,20,22-23,25-26,30H,4,7,12,15-19H2,1-3,5-6H3,(H,31,34);3-6,9H,1-2H3/b10-8-,11-9+,14-13+;/t22?,23?,25-,26?;/m1./s1. The number of nitrogens with one attached hydrogen (secondary N) is 3. The Kier molecular flexibility index (Phi) is 18.2. The van der Waals surface area contributed by atoms with Crippen molar-refractivity contribution < 1.29 is 19.1 Å². The number of methoxy groups -OCH3 is 1. The van der Waals surface area contributed by atoms with Gasteiger partial charge in [0, 0.05) is 44.0 Å². The van der Waals surface area contributed by atoms with Crippen LogP contribution >= 0.6 is 0 Å². The second-order valence-corrected chi connectivity index (χ2v) is 11.9. The first-order valence-corrected chi connectivity index (χ1v) is 15.6. The molecule has 1 aliphatic heterocycles. The van der Waals surface area contributed by atoms with Crippen molar-refractivity contribution in [1.29, 1.82) is 0 Å². The first-order valence-electron chi connectivity index (χ1n) is 15.6. The Labute approximate surface area is 266 Å². The summed E-state index contributed by atoms with van der Waals surface area (Å²) < 4.78 is 5.07. The molecule has 0 saturated heterocycles. The lowest BCUT2D eigenvalue weighted by Crippen LogP contribution is -2.38. The van der Waals surface area contributed by atoms with Gasteiger partial charge in [0.05, 0.1) is 19.3 Å². The Bertz CT molecular complexity index is 1160. The largest absolute Gasteiger partial charge is 0.495 e. The van der Waals surface area contributed by atoms with Crippen molar-refractivity contribution in [3.8, 4) is 5.75 Å². The third-order valence-corrected chi connectivity index (χ3v) is 7.63. The molecule has 3 unspecified atom stereocenters. The molecular weight excluding hydrogens is 550 g/mol. The van der Waals surface area contributed by atoms with Gasteiger partial charge in [0.1, 0.15) is 17.3 Å². The van der Waals surface area contributed by atoms with Crippen LogP contribution in [0, 0.1) is 29.6 Å². The predicted molar refractivity (Wildman–Crippen MR) is 184 cm³/mol.